The predicted octanol–water partition coefficient (Wildman–Crippen LogP) is 1.93. The molecule has 2 atom stereocenters. The minimum absolute atomic E-state index is 0.139. The zero-order chi connectivity index (χ0) is 13.2. The van der Waals surface area contributed by atoms with E-state index in [1.54, 1.807) is 0 Å². The fourth-order valence-electron chi connectivity index (χ4n) is 2.76. The first-order valence-corrected chi connectivity index (χ1v) is 6.33. The molecule has 0 radical (unpaired) electrons. The zero-order valence-corrected chi connectivity index (χ0v) is 10.4. The smallest absolute Gasteiger partial charge is 0.407 e. The highest BCUT2D eigenvalue weighted by Crippen LogP contribution is 2.57. The van der Waals surface area contributed by atoms with Crippen LogP contribution in [0.1, 0.15) is 32.1 Å². The van der Waals surface area contributed by atoms with Gasteiger partial charge in [-0.15, -0.1) is 0 Å². The number of amides is 1. The minimum Gasteiger partial charge on any atom is -0.481 e. The Morgan fingerprint density at radius 2 is 2.17 bits per heavy atom. The summed E-state index contributed by atoms with van der Waals surface area (Å²) in [6, 6.07) is -0.314. The first-order valence-electron chi connectivity index (χ1n) is 6.33. The summed E-state index contributed by atoms with van der Waals surface area (Å²) in [7, 11) is 0. The molecule has 18 heavy (non-hydrogen) atoms. The maximum atomic E-state index is 11.4. The van der Waals surface area contributed by atoms with E-state index in [1.807, 2.05) is 0 Å². The molecule has 2 aliphatic carbocycles. The first kappa shape index (κ1) is 12.9. The van der Waals surface area contributed by atoms with Crippen LogP contribution in [0.4, 0.5) is 4.79 Å². The average Bonchev–Trinajstić information content (AvgIpc) is 3.09. The van der Waals surface area contributed by atoms with Gasteiger partial charge in [-0.2, -0.15) is 0 Å². The molecule has 1 amide bonds. The Hall–Kier alpha value is -1.52. The maximum Gasteiger partial charge on any atom is 0.407 e. The third-order valence-corrected chi connectivity index (χ3v) is 4.03. The molecule has 0 bridgehead atoms. The fourth-order valence-corrected chi connectivity index (χ4v) is 2.76. The van der Waals surface area contributed by atoms with Crippen molar-refractivity contribution in [3.63, 3.8) is 0 Å². The number of carbonyl (C=O) groups excluding carboxylic acids is 1. The third kappa shape index (κ3) is 2.83. The van der Waals surface area contributed by atoms with Crippen LogP contribution in [0.3, 0.4) is 0 Å². The Bertz CT molecular complexity index is 362. The van der Waals surface area contributed by atoms with Crippen LogP contribution in [-0.4, -0.2) is 29.8 Å². The fraction of sp³-hybridized carbons (Fsp3) is 0.692. The van der Waals surface area contributed by atoms with Crippen LogP contribution >= 0.6 is 0 Å². The molecule has 1 spiro atoms. The molecule has 0 aromatic carbocycles. The van der Waals surface area contributed by atoms with Gasteiger partial charge in [0.25, 0.3) is 0 Å². The summed E-state index contributed by atoms with van der Waals surface area (Å²) in [4.78, 5) is 22.7. The summed E-state index contributed by atoms with van der Waals surface area (Å²) in [5.74, 6) is -1.31. The molecule has 2 saturated carbocycles. The summed E-state index contributed by atoms with van der Waals surface area (Å²) in [5.41, 5.74) is 0.256. The lowest BCUT2D eigenvalue weighted by Crippen LogP contribution is -2.47. The van der Waals surface area contributed by atoms with Crippen molar-refractivity contribution in [2.24, 2.45) is 11.3 Å². The van der Waals surface area contributed by atoms with E-state index in [-0.39, 0.29) is 18.1 Å². The standard InChI is InChI=1S/C13H19NO4/c1-2-7-18-12(17)14-10-3-4-13(5-6-13)8-9(10)11(15)16/h2,9-10H,1,3-8H2,(H,14,17)(H,15,16)/t9-,10+/m1/s1. The topological polar surface area (TPSA) is 75.6 Å². The summed E-state index contributed by atoms with van der Waals surface area (Å²) in [5, 5.41) is 11.9. The summed E-state index contributed by atoms with van der Waals surface area (Å²) in [6.45, 7) is 3.59. The van der Waals surface area contributed by atoms with E-state index in [0.717, 1.165) is 25.7 Å². The van der Waals surface area contributed by atoms with Crippen LogP contribution in [0.15, 0.2) is 12.7 Å². The Morgan fingerprint density at radius 3 is 2.72 bits per heavy atom. The maximum absolute atomic E-state index is 11.4. The van der Waals surface area contributed by atoms with Gasteiger partial charge in [-0.05, 0) is 37.5 Å². The number of rotatable bonds is 4. The van der Waals surface area contributed by atoms with Gasteiger partial charge in [0, 0.05) is 6.04 Å². The molecule has 0 unspecified atom stereocenters. The Kier molecular flexibility index (Phi) is 3.59. The lowest BCUT2D eigenvalue weighted by atomic mass is 9.76. The number of alkyl carbamates (subject to hydrolysis) is 1. The van der Waals surface area contributed by atoms with E-state index in [1.165, 1.54) is 6.08 Å². The third-order valence-electron chi connectivity index (χ3n) is 4.03. The number of ether oxygens (including phenoxy) is 1. The summed E-state index contributed by atoms with van der Waals surface area (Å²) in [6.07, 6.45) is 5.58. The van der Waals surface area contributed by atoms with Crippen LogP contribution < -0.4 is 5.32 Å². The van der Waals surface area contributed by atoms with E-state index in [2.05, 4.69) is 11.9 Å². The van der Waals surface area contributed by atoms with Crippen molar-refractivity contribution in [3.8, 4) is 0 Å². The number of carboxylic acid groups (broad SMARTS) is 1. The highest BCUT2D eigenvalue weighted by Gasteiger charge is 2.50. The SMILES string of the molecule is C=CCOC(=O)N[C@H]1CCC2(CC2)C[C@H]1C(=O)O. The summed E-state index contributed by atoms with van der Waals surface area (Å²) >= 11 is 0. The molecule has 2 N–H and O–H groups in total. The second-order valence-electron chi connectivity index (χ2n) is 5.33. The molecule has 2 rings (SSSR count). The van der Waals surface area contributed by atoms with Gasteiger partial charge in [-0.1, -0.05) is 12.7 Å². The molecule has 0 aliphatic heterocycles. The van der Waals surface area contributed by atoms with Gasteiger partial charge in [0.1, 0.15) is 6.61 Å². The van der Waals surface area contributed by atoms with Gasteiger partial charge in [-0.25, -0.2) is 4.79 Å². The van der Waals surface area contributed by atoms with E-state index in [0.29, 0.717) is 6.42 Å². The number of hydrogen-bond acceptors (Lipinski definition) is 3. The zero-order valence-electron chi connectivity index (χ0n) is 10.4. The molecule has 0 heterocycles. The van der Waals surface area contributed by atoms with Crippen molar-refractivity contribution >= 4 is 12.1 Å². The molecular formula is C13H19NO4. The molecule has 0 aromatic rings. The van der Waals surface area contributed by atoms with Gasteiger partial charge in [0.2, 0.25) is 0 Å². The number of carboxylic acids is 1. The van der Waals surface area contributed by atoms with Crippen molar-refractivity contribution < 1.29 is 19.4 Å². The van der Waals surface area contributed by atoms with Crippen molar-refractivity contribution in [1.29, 1.82) is 0 Å². The van der Waals surface area contributed by atoms with Crippen molar-refractivity contribution in [1.82, 2.24) is 5.32 Å². The summed E-state index contributed by atoms with van der Waals surface area (Å²) < 4.78 is 4.83. The largest absolute Gasteiger partial charge is 0.481 e. The van der Waals surface area contributed by atoms with Crippen molar-refractivity contribution in [3.05, 3.63) is 12.7 Å². The van der Waals surface area contributed by atoms with Gasteiger partial charge >= 0.3 is 12.1 Å². The molecule has 5 heteroatoms. The van der Waals surface area contributed by atoms with Crippen LogP contribution in [0.2, 0.25) is 0 Å². The van der Waals surface area contributed by atoms with Gasteiger partial charge in [-0.3, -0.25) is 4.79 Å². The second-order valence-corrected chi connectivity index (χ2v) is 5.33. The Morgan fingerprint density at radius 1 is 1.44 bits per heavy atom. The number of hydrogen-bond donors (Lipinski definition) is 2. The minimum atomic E-state index is -0.824. The van der Waals surface area contributed by atoms with Crippen LogP contribution in [0, 0.1) is 11.3 Å². The van der Waals surface area contributed by atoms with Gasteiger partial charge in [0.15, 0.2) is 0 Å². The highest BCUT2D eigenvalue weighted by atomic mass is 16.5. The van der Waals surface area contributed by atoms with Crippen LogP contribution in [0.25, 0.3) is 0 Å². The molecule has 2 fully saturated rings. The normalized spacial score (nSPS) is 28.4. The van der Waals surface area contributed by atoms with Gasteiger partial charge < -0.3 is 15.2 Å². The van der Waals surface area contributed by atoms with Crippen LogP contribution in [-0.2, 0) is 9.53 Å². The van der Waals surface area contributed by atoms with E-state index in [9.17, 15) is 14.7 Å². The van der Waals surface area contributed by atoms with Gasteiger partial charge in [0.05, 0.1) is 5.92 Å². The molecule has 100 valence electrons. The molecule has 2 aliphatic rings. The Labute approximate surface area is 106 Å². The number of carbonyl (C=O) groups is 2. The molecular weight excluding hydrogens is 234 g/mol. The lowest BCUT2D eigenvalue weighted by molar-refractivity contribution is -0.144. The van der Waals surface area contributed by atoms with Crippen LogP contribution in [0.5, 0.6) is 0 Å². The van der Waals surface area contributed by atoms with Crippen molar-refractivity contribution in [2.45, 2.75) is 38.1 Å². The first-order chi connectivity index (χ1) is 8.56. The van der Waals surface area contributed by atoms with E-state index < -0.39 is 18.0 Å². The Balaban J connectivity index is 1.91. The highest BCUT2D eigenvalue weighted by molar-refractivity contribution is 5.74. The average molecular weight is 253 g/mol. The second kappa shape index (κ2) is 5.00. The molecule has 0 saturated heterocycles. The van der Waals surface area contributed by atoms with Crippen molar-refractivity contribution in [2.75, 3.05) is 6.61 Å². The molecule has 0 aromatic heterocycles. The van der Waals surface area contributed by atoms with E-state index >= 15 is 0 Å². The predicted molar refractivity (Wildman–Crippen MR) is 65.1 cm³/mol. The monoisotopic (exact) mass is 253 g/mol. The number of nitrogens with one attached hydrogen (secondary N) is 1. The molecule has 5 nitrogen and oxygen atoms in total. The van der Waals surface area contributed by atoms with E-state index in [4.69, 9.17) is 4.74 Å². The quantitative estimate of drug-likeness (QED) is 0.751. The number of aliphatic carboxylic acids is 1. The lowest BCUT2D eigenvalue weighted by Gasteiger charge is -2.34.